The monoisotopic (exact) mass is 394 g/mol. The van der Waals surface area contributed by atoms with E-state index in [2.05, 4.69) is 88.8 Å². The molecule has 1 fully saturated rings. The zero-order chi connectivity index (χ0) is 20.2. The molecule has 2 aliphatic carbocycles. The third-order valence-electron chi connectivity index (χ3n) is 7.18. The molecule has 0 radical (unpaired) electrons. The number of hydrazine groups is 1. The van der Waals surface area contributed by atoms with Crippen LogP contribution >= 0.6 is 0 Å². The third kappa shape index (κ3) is 2.43. The summed E-state index contributed by atoms with van der Waals surface area (Å²) >= 11 is 0. The second-order valence-corrected chi connectivity index (χ2v) is 8.93. The van der Waals surface area contributed by atoms with Crippen LogP contribution in [-0.2, 0) is 0 Å². The van der Waals surface area contributed by atoms with Crippen molar-refractivity contribution in [3.63, 3.8) is 0 Å². The molecule has 1 aromatic carbocycles. The van der Waals surface area contributed by atoms with Gasteiger partial charge in [0.2, 0.25) is 0 Å². The zero-order valence-electron chi connectivity index (χ0n) is 17.3. The fourth-order valence-electron chi connectivity index (χ4n) is 5.87. The molecule has 0 amide bonds. The van der Waals surface area contributed by atoms with Gasteiger partial charge in [-0.3, -0.25) is 15.0 Å². The first kappa shape index (κ1) is 17.8. The lowest BCUT2D eigenvalue weighted by molar-refractivity contribution is 0.227. The Hall–Kier alpha value is -2.98. The standard InChI is InChI=1S/C26H26N4/c1-29-19-25-13-5-6-14-26(25,30(29)23-10-7-15-27-18-23)28-24-16-21(11-12-22(24)17-25)20-8-3-2-4-9-20/h2-12,15,17-18,21H,13-14,16,19H2,1H3. The lowest BCUT2D eigenvalue weighted by atomic mass is 9.65. The van der Waals surface area contributed by atoms with Gasteiger partial charge in [0.1, 0.15) is 0 Å². The van der Waals surface area contributed by atoms with Crippen LogP contribution in [-0.4, -0.2) is 35.0 Å². The summed E-state index contributed by atoms with van der Waals surface area (Å²) in [6.07, 6.45) is 18.6. The van der Waals surface area contributed by atoms with Crippen molar-refractivity contribution >= 4 is 11.4 Å². The first-order valence-electron chi connectivity index (χ1n) is 10.8. The summed E-state index contributed by atoms with van der Waals surface area (Å²) in [5.41, 5.74) is 4.70. The summed E-state index contributed by atoms with van der Waals surface area (Å²) < 4.78 is 0. The molecule has 1 aromatic heterocycles. The Morgan fingerprint density at radius 1 is 1.03 bits per heavy atom. The van der Waals surface area contributed by atoms with E-state index < -0.39 is 0 Å². The third-order valence-corrected chi connectivity index (χ3v) is 7.18. The van der Waals surface area contributed by atoms with Gasteiger partial charge in [0.25, 0.3) is 0 Å². The molecule has 0 N–H and O–H groups in total. The molecule has 0 spiro atoms. The summed E-state index contributed by atoms with van der Waals surface area (Å²) in [5, 5.41) is 4.75. The normalized spacial score (nSPS) is 32.2. The number of pyridine rings is 1. The molecule has 4 nitrogen and oxygen atoms in total. The highest BCUT2D eigenvalue weighted by atomic mass is 15.7. The average molecular weight is 395 g/mol. The van der Waals surface area contributed by atoms with Crippen LogP contribution in [0.2, 0.25) is 0 Å². The number of aliphatic imine (C=N–C) groups is 1. The van der Waals surface area contributed by atoms with Crippen molar-refractivity contribution in [2.45, 2.75) is 30.8 Å². The van der Waals surface area contributed by atoms with Gasteiger partial charge in [-0.15, -0.1) is 0 Å². The lowest BCUT2D eigenvalue weighted by Crippen LogP contribution is -2.57. The van der Waals surface area contributed by atoms with Crippen molar-refractivity contribution in [1.29, 1.82) is 0 Å². The van der Waals surface area contributed by atoms with Gasteiger partial charge in [0.05, 0.1) is 17.3 Å². The lowest BCUT2D eigenvalue weighted by Gasteiger charge is -2.50. The molecule has 3 atom stereocenters. The summed E-state index contributed by atoms with van der Waals surface area (Å²) in [5.74, 6) is 0.385. The number of benzene rings is 1. The molecule has 0 saturated carbocycles. The topological polar surface area (TPSA) is 31.7 Å². The molecule has 150 valence electrons. The SMILES string of the molecule is CN1CC23C=C4C=CC(c5ccccc5)CC4=NC2(CC=CC3)N1c1cccnc1. The van der Waals surface area contributed by atoms with Crippen molar-refractivity contribution in [3.8, 4) is 0 Å². The summed E-state index contributed by atoms with van der Waals surface area (Å²) in [7, 11) is 2.19. The molecule has 4 aliphatic rings. The van der Waals surface area contributed by atoms with Crippen LogP contribution in [0, 0.1) is 5.41 Å². The van der Waals surface area contributed by atoms with E-state index in [-0.39, 0.29) is 11.1 Å². The van der Waals surface area contributed by atoms with Crippen LogP contribution in [0.1, 0.15) is 30.7 Å². The number of hydrogen-bond acceptors (Lipinski definition) is 4. The molecule has 3 heterocycles. The Balaban J connectivity index is 1.48. The molecule has 3 unspecified atom stereocenters. The van der Waals surface area contributed by atoms with Crippen molar-refractivity contribution < 1.29 is 0 Å². The van der Waals surface area contributed by atoms with E-state index in [9.17, 15) is 0 Å². The molecule has 2 aromatic rings. The largest absolute Gasteiger partial charge is 0.276 e. The maximum absolute atomic E-state index is 5.60. The fraction of sp³-hybridized carbons (Fsp3) is 0.308. The number of hydrogen-bond donors (Lipinski definition) is 0. The van der Waals surface area contributed by atoms with E-state index in [1.165, 1.54) is 16.8 Å². The number of fused-ring (bicyclic) bond motifs is 1. The van der Waals surface area contributed by atoms with Gasteiger partial charge >= 0.3 is 0 Å². The highest BCUT2D eigenvalue weighted by Crippen LogP contribution is 2.57. The Morgan fingerprint density at radius 2 is 1.90 bits per heavy atom. The first-order chi connectivity index (χ1) is 14.7. The van der Waals surface area contributed by atoms with Gasteiger partial charge in [-0.1, -0.05) is 60.7 Å². The number of dihydropyridines is 1. The second-order valence-electron chi connectivity index (χ2n) is 8.93. The van der Waals surface area contributed by atoms with Crippen LogP contribution in [0.15, 0.2) is 95.8 Å². The molecule has 6 rings (SSSR count). The van der Waals surface area contributed by atoms with Crippen molar-refractivity contribution in [1.82, 2.24) is 9.99 Å². The minimum Gasteiger partial charge on any atom is -0.276 e. The Kier molecular flexibility index (Phi) is 3.87. The zero-order valence-corrected chi connectivity index (χ0v) is 17.3. The minimum absolute atomic E-state index is 0.0188. The van der Waals surface area contributed by atoms with Gasteiger partial charge in [0.15, 0.2) is 5.66 Å². The molecular weight excluding hydrogens is 368 g/mol. The Morgan fingerprint density at radius 3 is 2.73 bits per heavy atom. The van der Waals surface area contributed by atoms with Gasteiger partial charge in [-0.25, -0.2) is 5.01 Å². The maximum atomic E-state index is 5.60. The van der Waals surface area contributed by atoms with E-state index in [4.69, 9.17) is 4.99 Å². The fourth-order valence-corrected chi connectivity index (χ4v) is 5.87. The molecule has 2 aliphatic heterocycles. The van der Waals surface area contributed by atoms with E-state index in [0.717, 1.165) is 31.5 Å². The van der Waals surface area contributed by atoms with E-state index in [1.54, 1.807) is 0 Å². The van der Waals surface area contributed by atoms with Crippen LogP contribution in [0.4, 0.5) is 5.69 Å². The maximum Gasteiger partial charge on any atom is 0.160 e. The van der Waals surface area contributed by atoms with Crippen molar-refractivity contribution in [2.24, 2.45) is 10.4 Å². The predicted molar refractivity (Wildman–Crippen MR) is 121 cm³/mol. The number of allylic oxidation sites excluding steroid dienone is 4. The van der Waals surface area contributed by atoms with E-state index in [0.29, 0.717) is 5.92 Å². The van der Waals surface area contributed by atoms with E-state index in [1.807, 2.05) is 18.5 Å². The van der Waals surface area contributed by atoms with Crippen LogP contribution in [0.25, 0.3) is 0 Å². The van der Waals surface area contributed by atoms with Gasteiger partial charge in [-0.05, 0) is 29.7 Å². The minimum atomic E-state index is -0.315. The summed E-state index contributed by atoms with van der Waals surface area (Å²) in [4.78, 5) is 10.0. The Labute approximate surface area is 177 Å². The highest BCUT2D eigenvalue weighted by Gasteiger charge is 2.62. The Bertz CT molecular complexity index is 1080. The first-order valence-corrected chi connectivity index (χ1v) is 10.8. The molecule has 30 heavy (non-hydrogen) atoms. The summed E-state index contributed by atoms with van der Waals surface area (Å²) in [6.45, 7) is 0.961. The van der Waals surface area contributed by atoms with Gasteiger partial charge in [-0.2, -0.15) is 0 Å². The second kappa shape index (κ2) is 6.51. The number of anilines is 1. The number of nitrogens with zero attached hydrogens (tertiary/aromatic N) is 4. The predicted octanol–water partition coefficient (Wildman–Crippen LogP) is 4.91. The average Bonchev–Trinajstić information content (AvgIpc) is 3.05. The summed E-state index contributed by atoms with van der Waals surface area (Å²) in [6, 6.07) is 15.0. The van der Waals surface area contributed by atoms with Gasteiger partial charge in [0, 0.05) is 44.3 Å². The number of rotatable bonds is 2. The smallest absolute Gasteiger partial charge is 0.160 e. The van der Waals surface area contributed by atoms with Crippen LogP contribution < -0.4 is 5.01 Å². The van der Waals surface area contributed by atoms with Crippen LogP contribution in [0.3, 0.4) is 0 Å². The molecular formula is C26H26N4. The van der Waals surface area contributed by atoms with E-state index >= 15 is 0 Å². The molecule has 0 bridgehead atoms. The molecule has 4 heteroatoms. The van der Waals surface area contributed by atoms with Crippen molar-refractivity contribution in [3.05, 3.63) is 96.4 Å². The van der Waals surface area contributed by atoms with Gasteiger partial charge < -0.3 is 0 Å². The highest BCUT2D eigenvalue weighted by molar-refractivity contribution is 6.05. The van der Waals surface area contributed by atoms with Crippen LogP contribution in [0.5, 0.6) is 0 Å². The quantitative estimate of drug-likeness (QED) is 0.679. The number of aromatic nitrogens is 1. The van der Waals surface area contributed by atoms with Crippen molar-refractivity contribution in [2.75, 3.05) is 18.6 Å². The molecule has 1 saturated heterocycles.